The zero-order valence-corrected chi connectivity index (χ0v) is 14.3. The van der Waals surface area contributed by atoms with E-state index in [9.17, 15) is 8.78 Å². The minimum absolute atomic E-state index is 0.0572. The minimum Gasteiger partial charge on any atom is -0.474 e. The number of nitrogens with one attached hydrogen (secondary N) is 3. The first-order chi connectivity index (χ1) is 12.5. The van der Waals surface area contributed by atoms with Gasteiger partial charge in [-0.25, -0.2) is 18.7 Å². The van der Waals surface area contributed by atoms with Gasteiger partial charge in [-0.2, -0.15) is 0 Å². The number of hydrogen-bond acceptors (Lipinski definition) is 6. The molecule has 3 rings (SSSR count). The Morgan fingerprint density at radius 3 is 2.69 bits per heavy atom. The number of nitrogens with two attached hydrogens (primary N) is 1. The van der Waals surface area contributed by atoms with E-state index in [0.29, 0.717) is 17.3 Å². The van der Waals surface area contributed by atoms with Gasteiger partial charge in [0, 0.05) is 6.07 Å². The van der Waals surface area contributed by atoms with E-state index in [2.05, 4.69) is 20.6 Å². The van der Waals surface area contributed by atoms with Gasteiger partial charge in [0.25, 0.3) is 0 Å². The number of nitrogens with zero attached hydrogens (tertiary/aromatic N) is 2. The SMILES string of the molecule is Cc1c(Nc2cc(F)c(C(=N)N)cc2F)ncnc1OC1CCNCC1. The van der Waals surface area contributed by atoms with Crippen LogP contribution in [0.1, 0.15) is 24.0 Å². The summed E-state index contributed by atoms with van der Waals surface area (Å²) in [6.45, 7) is 3.51. The van der Waals surface area contributed by atoms with Crippen LogP contribution >= 0.6 is 0 Å². The van der Waals surface area contributed by atoms with Crippen LogP contribution in [0.25, 0.3) is 0 Å². The van der Waals surface area contributed by atoms with Crippen LogP contribution in [0.3, 0.4) is 0 Å². The van der Waals surface area contributed by atoms with Gasteiger partial charge in [0.05, 0.1) is 16.8 Å². The van der Waals surface area contributed by atoms with E-state index in [0.717, 1.165) is 38.1 Å². The normalized spacial score (nSPS) is 14.9. The second-order valence-electron chi connectivity index (χ2n) is 6.07. The molecule has 1 aliphatic heterocycles. The lowest BCUT2D eigenvalue weighted by Crippen LogP contribution is -2.34. The Hall–Kier alpha value is -2.81. The highest BCUT2D eigenvalue weighted by atomic mass is 19.1. The van der Waals surface area contributed by atoms with Gasteiger partial charge >= 0.3 is 0 Å². The average molecular weight is 362 g/mol. The third kappa shape index (κ3) is 3.88. The number of benzene rings is 1. The predicted octanol–water partition coefficient (Wildman–Crippen LogP) is 2.22. The van der Waals surface area contributed by atoms with E-state index in [1.807, 2.05) is 0 Å². The lowest BCUT2D eigenvalue weighted by Gasteiger charge is -2.24. The van der Waals surface area contributed by atoms with E-state index < -0.39 is 17.5 Å². The second kappa shape index (κ2) is 7.61. The molecule has 0 unspecified atom stereocenters. The van der Waals surface area contributed by atoms with Gasteiger partial charge in [-0.3, -0.25) is 5.41 Å². The molecule has 26 heavy (non-hydrogen) atoms. The molecule has 5 N–H and O–H groups in total. The van der Waals surface area contributed by atoms with Crippen molar-refractivity contribution >= 4 is 17.3 Å². The second-order valence-corrected chi connectivity index (χ2v) is 6.07. The molecule has 0 amide bonds. The van der Waals surface area contributed by atoms with Crippen LogP contribution in [-0.4, -0.2) is 35.0 Å². The Morgan fingerprint density at radius 2 is 2.00 bits per heavy atom. The zero-order valence-electron chi connectivity index (χ0n) is 14.3. The topological polar surface area (TPSA) is 109 Å². The van der Waals surface area contributed by atoms with Gasteiger partial charge in [0.2, 0.25) is 5.88 Å². The molecule has 1 aromatic carbocycles. The molecule has 1 saturated heterocycles. The number of ether oxygens (including phenoxy) is 1. The molecule has 0 saturated carbocycles. The van der Waals surface area contributed by atoms with Crippen LogP contribution in [0.2, 0.25) is 0 Å². The van der Waals surface area contributed by atoms with Crippen molar-refractivity contribution in [3.05, 3.63) is 41.2 Å². The number of piperidine rings is 1. The number of nitrogen functional groups attached to an aromatic ring is 1. The summed E-state index contributed by atoms with van der Waals surface area (Å²) in [7, 11) is 0. The van der Waals surface area contributed by atoms with Crippen molar-refractivity contribution in [2.75, 3.05) is 18.4 Å². The maximum absolute atomic E-state index is 14.2. The third-order valence-electron chi connectivity index (χ3n) is 4.20. The van der Waals surface area contributed by atoms with Gasteiger partial charge in [0.1, 0.15) is 35.7 Å². The van der Waals surface area contributed by atoms with Gasteiger partial charge in [-0.15, -0.1) is 0 Å². The first-order valence-corrected chi connectivity index (χ1v) is 8.25. The zero-order chi connectivity index (χ0) is 18.7. The highest BCUT2D eigenvalue weighted by Crippen LogP contribution is 2.28. The molecule has 9 heteroatoms. The van der Waals surface area contributed by atoms with Crippen LogP contribution in [0.4, 0.5) is 20.3 Å². The summed E-state index contributed by atoms with van der Waals surface area (Å²) in [4.78, 5) is 8.23. The quantitative estimate of drug-likeness (QED) is 0.480. The van der Waals surface area contributed by atoms with Crippen LogP contribution in [-0.2, 0) is 0 Å². The standard InChI is InChI=1S/C17H20F2N6O/c1-9-16(23-8-24-17(9)26-10-2-4-22-5-3-10)25-14-7-12(18)11(15(20)21)6-13(14)19/h6-8,10,22H,2-5H2,1H3,(H3,20,21)(H,23,24,25). The van der Waals surface area contributed by atoms with Gasteiger partial charge in [0.15, 0.2) is 0 Å². The van der Waals surface area contributed by atoms with Gasteiger partial charge in [-0.05, 0) is 38.9 Å². The molecule has 2 aromatic rings. The van der Waals surface area contributed by atoms with Crippen LogP contribution in [0.5, 0.6) is 5.88 Å². The fourth-order valence-corrected chi connectivity index (χ4v) is 2.73. The first kappa shape index (κ1) is 18.0. The Labute approximate surface area is 149 Å². The first-order valence-electron chi connectivity index (χ1n) is 8.25. The maximum Gasteiger partial charge on any atom is 0.221 e. The van der Waals surface area contributed by atoms with Crippen molar-refractivity contribution in [3.8, 4) is 5.88 Å². The highest BCUT2D eigenvalue weighted by molar-refractivity contribution is 5.95. The van der Waals surface area contributed by atoms with E-state index in [1.165, 1.54) is 6.33 Å². The molecule has 0 radical (unpaired) electrons. The molecule has 1 aliphatic rings. The Morgan fingerprint density at radius 1 is 1.27 bits per heavy atom. The minimum atomic E-state index is -0.792. The van der Waals surface area contributed by atoms with E-state index in [1.54, 1.807) is 6.92 Å². The molecular formula is C17H20F2N6O. The molecule has 0 aliphatic carbocycles. The van der Waals surface area contributed by atoms with E-state index >= 15 is 0 Å². The molecule has 1 fully saturated rings. The number of amidine groups is 1. The highest BCUT2D eigenvalue weighted by Gasteiger charge is 2.19. The molecule has 7 nitrogen and oxygen atoms in total. The van der Waals surface area contributed by atoms with Gasteiger partial charge < -0.3 is 21.1 Å². The van der Waals surface area contributed by atoms with Crippen molar-refractivity contribution < 1.29 is 13.5 Å². The lowest BCUT2D eigenvalue weighted by atomic mass is 10.1. The number of anilines is 2. The Balaban J connectivity index is 1.83. The van der Waals surface area contributed by atoms with Crippen LogP contribution < -0.4 is 21.1 Å². The summed E-state index contributed by atoms with van der Waals surface area (Å²) in [6, 6.07) is 1.82. The summed E-state index contributed by atoms with van der Waals surface area (Å²) >= 11 is 0. The monoisotopic (exact) mass is 362 g/mol. The largest absolute Gasteiger partial charge is 0.474 e. The smallest absolute Gasteiger partial charge is 0.221 e. The molecule has 0 atom stereocenters. The molecule has 2 heterocycles. The van der Waals surface area contributed by atoms with Crippen molar-refractivity contribution in [2.45, 2.75) is 25.9 Å². The number of rotatable bonds is 5. The predicted molar refractivity (Wildman–Crippen MR) is 93.9 cm³/mol. The Kier molecular flexibility index (Phi) is 5.27. The molecule has 138 valence electrons. The number of hydrogen-bond donors (Lipinski definition) is 4. The van der Waals surface area contributed by atoms with Crippen LogP contribution in [0.15, 0.2) is 18.5 Å². The lowest BCUT2D eigenvalue weighted by molar-refractivity contribution is 0.154. The molecular weight excluding hydrogens is 342 g/mol. The molecule has 0 spiro atoms. The fourth-order valence-electron chi connectivity index (χ4n) is 2.73. The third-order valence-corrected chi connectivity index (χ3v) is 4.20. The van der Waals surface area contributed by atoms with Gasteiger partial charge in [-0.1, -0.05) is 0 Å². The van der Waals surface area contributed by atoms with E-state index in [4.69, 9.17) is 15.9 Å². The number of aromatic nitrogens is 2. The number of halogens is 2. The van der Waals surface area contributed by atoms with Crippen molar-refractivity contribution in [3.63, 3.8) is 0 Å². The summed E-state index contributed by atoms with van der Waals surface area (Å²) in [5.74, 6) is -1.34. The van der Waals surface area contributed by atoms with Crippen molar-refractivity contribution in [1.82, 2.24) is 15.3 Å². The molecule has 1 aromatic heterocycles. The summed E-state index contributed by atoms with van der Waals surface area (Å²) in [5.41, 5.74) is 5.43. The van der Waals surface area contributed by atoms with Crippen molar-refractivity contribution in [1.29, 1.82) is 5.41 Å². The Bertz CT molecular complexity index is 823. The summed E-state index contributed by atoms with van der Waals surface area (Å²) in [5, 5.41) is 13.3. The van der Waals surface area contributed by atoms with E-state index in [-0.39, 0.29) is 17.4 Å². The summed E-state index contributed by atoms with van der Waals surface area (Å²) < 4.78 is 34.1. The average Bonchev–Trinajstić information content (AvgIpc) is 2.62. The van der Waals surface area contributed by atoms with Crippen LogP contribution in [0, 0.1) is 24.0 Å². The maximum atomic E-state index is 14.2. The fraction of sp³-hybridized carbons (Fsp3) is 0.353. The summed E-state index contributed by atoms with van der Waals surface area (Å²) in [6.07, 6.45) is 3.11. The van der Waals surface area contributed by atoms with Crippen molar-refractivity contribution in [2.24, 2.45) is 5.73 Å². The molecule has 0 bridgehead atoms.